The van der Waals surface area contributed by atoms with Crippen LogP contribution in [0.4, 0.5) is 0 Å². The maximum absolute atomic E-state index is 10.7. The highest BCUT2D eigenvalue weighted by Gasteiger charge is 2.09. The average Bonchev–Trinajstić information content (AvgIpc) is 2.14. The first-order valence-electron chi connectivity index (χ1n) is 3.69. The fourth-order valence-corrected chi connectivity index (χ4v) is 1.34. The summed E-state index contributed by atoms with van der Waals surface area (Å²) in [5, 5.41) is 0. The Balaban J connectivity index is 3.02. The van der Waals surface area contributed by atoms with Gasteiger partial charge in [0.2, 0.25) is 0 Å². The van der Waals surface area contributed by atoms with Crippen molar-refractivity contribution in [2.24, 2.45) is 4.99 Å². The Morgan fingerprint density at radius 1 is 1.50 bits per heavy atom. The molecular weight excluding hydrogens is 206 g/mol. The summed E-state index contributed by atoms with van der Waals surface area (Å²) < 4.78 is 35.1. The van der Waals surface area contributed by atoms with Gasteiger partial charge in [-0.1, -0.05) is 6.07 Å². The summed E-state index contributed by atoms with van der Waals surface area (Å²) in [6.45, 7) is 0. The van der Waals surface area contributed by atoms with E-state index in [-0.39, 0.29) is 4.90 Å². The molecule has 0 unspecified atom stereocenters. The van der Waals surface area contributed by atoms with Gasteiger partial charge in [-0.25, -0.2) is 0 Å². The van der Waals surface area contributed by atoms with Crippen LogP contribution in [0.3, 0.4) is 0 Å². The number of nitrogens with zero attached hydrogens (tertiary/aromatic N) is 1. The fourth-order valence-electron chi connectivity index (χ4n) is 0.822. The van der Waals surface area contributed by atoms with Crippen molar-refractivity contribution in [1.29, 1.82) is 0 Å². The van der Waals surface area contributed by atoms with Crippen LogP contribution < -0.4 is 4.74 Å². The lowest BCUT2D eigenvalue weighted by Gasteiger charge is -2.00. The van der Waals surface area contributed by atoms with E-state index in [0.29, 0.717) is 5.75 Å². The summed E-state index contributed by atoms with van der Waals surface area (Å²) in [7, 11) is -2.65. The van der Waals surface area contributed by atoms with Gasteiger partial charge in [-0.2, -0.15) is 8.42 Å². The van der Waals surface area contributed by atoms with E-state index in [4.69, 9.17) is 9.29 Å². The van der Waals surface area contributed by atoms with Crippen molar-refractivity contribution in [3.05, 3.63) is 24.3 Å². The number of ether oxygens (including phenoxy) is 1. The van der Waals surface area contributed by atoms with Crippen LogP contribution in [0.15, 0.2) is 34.2 Å². The molecule has 0 saturated carbocycles. The molecule has 0 aliphatic heterocycles. The lowest BCUT2D eigenvalue weighted by Crippen LogP contribution is -1.98. The van der Waals surface area contributed by atoms with Crippen molar-refractivity contribution in [2.75, 3.05) is 7.05 Å². The van der Waals surface area contributed by atoms with E-state index in [0.717, 1.165) is 0 Å². The van der Waals surface area contributed by atoms with Crippen molar-refractivity contribution < 1.29 is 17.7 Å². The Labute approximate surface area is 81.8 Å². The minimum Gasteiger partial charge on any atom is -0.446 e. The third-order valence-corrected chi connectivity index (χ3v) is 2.25. The molecule has 1 aromatic carbocycles. The molecule has 0 atom stereocenters. The Morgan fingerprint density at radius 3 is 2.79 bits per heavy atom. The minimum atomic E-state index is -4.17. The van der Waals surface area contributed by atoms with Gasteiger partial charge in [-0.05, 0) is 12.1 Å². The molecule has 0 radical (unpaired) electrons. The lowest BCUT2D eigenvalue weighted by molar-refractivity contribution is 0.482. The molecule has 0 aromatic heterocycles. The zero-order chi connectivity index (χ0) is 10.6. The Bertz CT molecular complexity index is 438. The van der Waals surface area contributed by atoms with E-state index in [1.54, 1.807) is 6.07 Å². The highest BCUT2D eigenvalue weighted by molar-refractivity contribution is 7.85. The standard InChI is InChI=1S/C8H9NO4S/c1-9-6-13-7-3-2-4-8(5-7)14(10,11)12/h2-6H,1H3,(H,10,11,12)/b9-6+. The molecule has 0 fully saturated rings. The Morgan fingerprint density at radius 2 is 2.21 bits per heavy atom. The number of hydrogen-bond acceptors (Lipinski definition) is 4. The van der Waals surface area contributed by atoms with Crippen LogP contribution in [0.5, 0.6) is 5.75 Å². The van der Waals surface area contributed by atoms with Crippen LogP contribution in [-0.4, -0.2) is 26.4 Å². The van der Waals surface area contributed by atoms with Gasteiger partial charge in [-0.15, -0.1) is 0 Å². The molecule has 76 valence electrons. The number of hydrogen-bond donors (Lipinski definition) is 1. The molecule has 1 aromatic rings. The van der Waals surface area contributed by atoms with Gasteiger partial charge in [0.1, 0.15) is 5.75 Å². The van der Waals surface area contributed by atoms with E-state index in [1.165, 1.54) is 31.6 Å². The largest absolute Gasteiger partial charge is 0.446 e. The van der Waals surface area contributed by atoms with Crippen LogP contribution >= 0.6 is 0 Å². The van der Waals surface area contributed by atoms with Gasteiger partial charge in [-0.3, -0.25) is 9.55 Å². The maximum atomic E-state index is 10.7. The lowest BCUT2D eigenvalue weighted by atomic mass is 10.3. The first kappa shape index (κ1) is 10.7. The van der Waals surface area contributed by atoms with Crippen LogP contribution in [0.25, 0.3) is 0 Å². The topological polar surface area (TPSA) is 76.0 Å². The van der Waals surface area contributed by atoms with E-state index in [9.17, 15) is 8.42 Å². The second-order valence-corrected chi connectivity index (χ2v) is 3.85. The van der Waals surface area contributed by atoms with Crippen molar-refractivity contribution in [3.63, 3.8) is 0 Å². The first-order valence-corrected chi connectivity index (χ1v) is 5.13. The van der Waals surface area contributed by atoms with Crippen LogP contribution in [-0.2, 0) is 10.1 Å². The zero-order valence-electron chi connectivity index (χ0n) is 7.41. The monoisotopic (exact) mass is 215 g/mol. The molecule has 6 heteroatoms. The molecule has 0 saturated heterocycles. The van der Waals surface area contributed by atoms with E-state index < -0.39 is 10.1 Å². The van der Waals surface area contributed by atoms with E-state index in [2.05, 4.69) is 4.99 Å². The first-order chi connectivity index (χ1) is 6.54. The number of rotatable bonds is 3. The quantitative estimate of drug-likeness (QED) is 0.463. The predicted octanol–water partition coefficient (Wildman–Crippen LogP) is 0.970. The third-order valence-electron chi connectivity index (χ3n) is 1.40. The van der Waals surface area contributed by atoms with E-state index in [1.807, 2.05) is 0 Å². The molecule has 5 nitrogen and oxygen atoms in total. The van der Waals surface area contributed by atoms with Crippen molar-refractivity contribution >= 4 is 16.5 Å². The summed E-state index contributed by atoms with van der Waals surface area (Å²) in [6.07, 6.45) is 1.17. The Kier molecular flexibility index (Phi) is 3.21. The molecule has 0 bridgehead atoms. The third kappa shape index (κ3) is 2.82. The summed E-state index contributed by atoms with van der Waals surface area (Å²) in [5.41, 5.74) is 0. The second-order valence-electron chi connectivity index (χ2n) is 2.43. The van der Waals surface area contributed by atoms with Gasteiger partial charge < -0.3 is 4.74 Å². The molecular formula is C8H9NO4S. The van der Waals surface area contributed by atoms with Crippen LogP contribution in [0, 0.1) is 0 Å². The summed E-state index contributed by atoms with van der Waals surface area (Å²) >= 11 is 0. The van der Waals surface area contributed by atoms with Crippen LogP contribution in [0.2, 0.25) is 0 Å². The van der Waals surface area contributed by atoms with Crippen molar-refractivity contribution in [1.82, 2.24) is 0 Å². The van der Waals surface area contributed by atoms with Crippen LogP contribution in [0.1, 0.15) is 0 Å². The summed E-state index contributed by atoms with van der Waals surface area (Å²) in [5.74, 6) is 0.297. The molecule has 0 spiro atoms. The molecule has 1 N–H and O–H groups in total. The van der Waals surface area contributed by atoms with Gasteiger partial charge >= 0.3 is 0 Å². The molecule has 0 aliphatic rings. The normalized spacial score (nSPS) is 11.9. The fraction of sp³-hybridized carbons (Fsp3) is 0.125. The minimum absolute atomic E-state index is 0.209. The van der Waals surface area contributed by atoms with Gasteiger partial charge in [0, 0.05) is 13.1 Å². The smallest absolute Gasteiger partial charge is 0.294 e. The predicted molar refractivity (Wildman–Crippen MR) is 51.3 cm³/mol. The van der Waals surface area contributed by atoms with Crippen molar-refractivity contribution in [3.8, 4) is 5.75 Å². The molecule has 0 amide bonds. The summed E-state index contributed by atoms with van der Waals surface area (Å²) in [4.78, 5) is 3.35. The SMILES string of the molecule is C/N=C/Oc1cccc(S(=O)(=O)O)c1. The highest BCUT2D eigenvalue weighted by atomic mass is 32.2. The number of benzene rings is 1. The molecule has 14 heavy (non-hydrogen) atoms. The van der Waals surface area contributed by atoms with Gasteiger partial charge in [0.05, 0.1) is 4.90 Å². The van der Waals surface area contributed by atoms with Crippen molar-refractivity contribution in [2.45, 2.75) is 4.90 Å². The van der Waals surface area contributed by atoms with Gasteiger partial charge in [0.25, 0.3) is 10.1 Å². The zero-order valence-corrected chi connectivity index (χ0v) is 8.23. The number of aliphatic imine (C=N–C) groups is 1. The average molecular weight is 215 g/mol. The van der Waals surface area contributed by atoms with E-state index >= 15 is 0 Å². The highest BCUT2D eigenvalue weighted by Crippen LogP contribution is 2.16. The maximum Gasteiger partial charge on any atom is 0.294 e. The molecule has 1 rings (SSSR count). The second kappa shape index (κ2) is 4.21. The summed E-state index contributed by atoms with van der Waals surface area (Å²) in [6, 6.07) is 5.49. The van der Waals surface area contributed by atoms with Gasteiger partial charge in [0.15, 0.2) is 6.40 Å². The molecule has 0 heterocycles. The Hall–Kier alpha value is -1.40. The molecule has 0 aliphatic carbocycles.